The summed E-state index contributed by atoms with van der Waals surface area (Å²) in [4.78, 5) is 10.7. The van der Waals surface area contributed by atoms with Crippen LogP contribution in [-0.2, 0) is 0 Å². The predicted octanol–water partition coefficient (Wildman–Crippen LogP) is 2.88. The maximum Gasteiger partial charge on any atom is 0.335 e. The van der Waals surface area contributed by atoms with E-state index in [1.165, 1.54) is 12.1 Å². The molecule has 0 bridgehead atoms. The molecule has 0 saturated heterocycles. The number of rotatable bonds is 7. The molecule has 0 spiro atoms. The zero-order valence-corrected chi connectivity index (χ0v) is 11.7. The van der Waals surface area contributed by atoms with E-state index < -0.39 is 5.97 Å². The van der Waals surface area contributed by atoms with Crippen LogP contribution in [0.5, 0.6) is 11.5 Å². The third-order valence-corrected chi connectivity index (χ3v) is 2.87. The largest absolute Gasteiger partial charge is 0.497 e. The molecule has 0 amide bonds. The lowest BCUT2D eigenvalue weighted by Crippen LogP contribution is -2.11. The number of benzene rings is 2. The van der Waals surface area contributed by atoms with Crippen LogP contribution in [0.15, 0.2) is 48.5 Å². The minimum atomic E-state index is -0.943. The summed E-state index contributed by atoms with van der Waals surface area (Å²) >= 11 is 0. The third kappa shape index (κ3) is 4.42. The van der Waals surface area contributed by atoms with Crippen LogP contribution < -0.4 is 14.8 Å². The SMILES string of the molecule is COc1cccc(NCCOc2ccc(C(=O)O)cc2)c1. The van der Waals surface area contributed by atoms with Gasteiger partial charge in [-0.25, -0.2) is 4.79 Å². The Morgan fingerprint density at radius 1 is 1.14 bits per heavy atom. The highest BCUT2D eigenvalue weighted by Gasteiger charge is 2.02. The van der Waals surface area contributed by atoms with Gasteiger partial charge in [0.2, 0.25) is 0 Å². The number of carboxylic acids is 1. The van der Waals surface area contributed by atoms with Gasteiger partial charge in [-0.3, -0.25) is 0 Å². The Balaban J connectivity index is 1.77. The fourth-order valence-electron chi connectivity index (χ4n) is 1.79. The zero-order chi connectivity index (χ0) is 15.1. The van der Waals surface area contributed by atoms with Gasteiger partial charge in [0.15, 0.2) is 0 Å². The van der Waals surface area contributed by atoms with Crippen LogP contribution in [0.25, 0.3) is 0 Å². The van der Waals surface area contributed by atoms with Gasteiger partial charge in [0.05, 0.1) is 12.7 Å². The quantitative estimate of drug-likeness (QED) is 0.766. The Bertz CT molecular complexity index is 595. The number of methoxy groups -OCH3 is 1. The summed E-state index contributed by atoms with van der Waals surface area (Å²) in [5.74, 6) is 0.499. The predicted molar refractivity (Wildman–Crippen MR) is 80.4 cm³/mol. The van der Waals surface area contributed by atoms with E-state index in [1.807, 2.05) is 24.3 Å². The van der Waals surface area contributed by atoms with E-state index in [1.54, 1.807) is 19.2 Å². The molecule has 110 valence electrons. The number of hydrogen-bond acceptors (Lipinski definition) is 4. The molecule has 0 atom stereocenters. The van der Waals surface area contributed by atoms with Crippen molar-refractivity contribution >= 4 is 11.7 Å². The molecule has 2 rings (SSSR count). The molecule has 21 heavy (non-hydrogen) atoms. The molecule has 0 fully saturated rings. The maximum atomic E-state index is 10.7. The number of carboxylic acid groups (broad SMARTS) is 1. The molecule has 2 aromatic rings. The molecule has 5 heteroatoms. The van der Waals surface area contributed by atoms with Crippen molar-refractivity contribution in [2.24, 2.45) is 0 Å². The zero-order valence-electron chi connectivity index (χ0n) is 11.7. The minimum absolute atomic E-state index is 0.247. The van der Waals surface area contributed by atoms with Crippen LogP contribution in [0.4, 0.5) is 5.69 Å². The van der Waals surface area contributed by atoms with Crippen molar-refractivity contribution in [3.05, 3.63) is 54.1 Å². The summed E-state index contributed by atoms with van der Waals surface area (Å²) in [6, 6.07) is 14.0. The van der Waals surface area contributed by atoms with Crippen LogP contribution in [0, 0.1) is 0 Å². The normalized spacial score (nSPS) is 9.95. The lowest BCUT2D eigenvalue weighted by atomic mass is 10.2. The minimum Gasteiger partial charge on any atom is -0.497 e. The van der Waals surface area contributed by atoms with E-state index >= 15 is 0 Å². The first-order chi connectivity index (χ1) is 10.2. The molecular weight excluding hydrogens is 270 g/mol. The Morgan fingerprint density at radius 3 is 2.57 bits per heavy atom. The summed E-state index contributed by atoms with van der Waals surface area (Å²) in [6.07, 6.45) is 0. The average molecular weight is 287 g/mol. The van der Waals surface area contributed by atoms with Crippen LogP contribution >= 0.6 is 0 Å². The van der Waals surface area contributed by atoms with Gasteiger partial charge in [-0.15, -0.1) is 0 Å². The Morgan fingerprint density at radius 2 is 1.90 bits per heavy atom. The van der Waals surface area contributed by atoms with Crippen LogP contribution in [0.2, 0.25) is 0 Å². The molecular formula is C16H17NO4. The van der Waals surface area contributed by atoms with Crippen molar-refractivity contribution in [3.8, 4) is 11.5 Å². The van der Waals surface area contributed by atoms with Crippen molar-refractivity contribution in [1.82, 2.24) is 0 Å². The molecule has 0 aliphatic carbocycles. The summed E-state index contributed by atoms with van der Waals surface area (Å²) in [5, 5.41) is 12.0. The van der Waals surface area contributed by atoms with Crippen molar-refractivity contribution in [2.45, 2.75) is 0 Å². The number of anilines is 1. The topological polar surface area (TPSA) is 67.8 Å². The molecule has 5 nitrogen and oxygen atoms in total. The Kier molecular flexibility index (Phi) is 5.04. The summed E-state index contributed by atoms with van der Waals surface area (Å²) in [7, 11) is 1.63. The average Bonchev–Trinajstić information content (AvgIpc) is 2.52. The summed E-state index contributed by atoms with van der Waals surface area (Å²) in [6.45, 7) is 1.11. The number of carbonyl (C=O) groups is 1. The monoisotopic (exact) mass is 287 g/mol. The van der Waals surface area contributed by atoms with Gasteiger partial charge in [0.1, 0.15) is 18.1 Å². The van der Waals surface area contributed by atoms with Gasteiger partial charge in [-0.1, -0.05) is 6.07 Å². The second kappa shape index (κ2) is 7.19. The smallest absolute Gasteiger partial charge is 0.335 e. The highest BCUT2D eigenvalue weighted by atomic mass is 16.5. The van der Waals surface area contributed by atoms with E-state index in [9.17, 15) is 4.79 Å². The first-order valence-electron chi connectivity index (χ1n) is 6.53. The molecule has 0 unspecified atom stereocenters. The van der Waals surface area contributed by atoms with E-state index in [0.717, 1.165) is 11.4 Å². The Hall–Kier alpha value is -2.69. The maximum absolute atomic E-state index is 10.7. The molecule has 2 N–H and O–H groups in total. The molecule has 0 aromatic heterocycles. The number of aromatic carboxylic acids is 1. The van der Waals surface area contributed by atoms with Gasteiger partial charge in [0.25, 0.3) is 0 Å². The van der Waals surface area contributed by atoms with Gasteiger partial charge in [-0.05, 0) is 36.4 Å². The van der Waals surface area contributed by atoms with Gasteiger partial charge >= 0.3 is 5.97 Å². The molecule has 0 saturated carbocycles. The summed E-state index contributed by atoms with van der Waals surface area (Å²) in [5.41, 5.74) is 1.20. The molecule has 0 aliphatic heterocycles. The molecule has 2 aromatic carbocycles. The first kappa shape index (κ1) is 14.7. The van der Waals surface area contributed by atoms with Crippen molar-refractivity contribution in [2.75, 3.05) is 25.6 Å². The van der Waals surface area contributed by atoms with E-state index in [-0.39, 0.29) is 5.56 Å². The molecule has 0 aliphatic rings. The van der Waals surface area contributed by atoms with Crippen molar-refractivity contribution in [3.63, 3.8) is 0 Å². The van der Waals surface area contributed by atoms with Crippen molar-refractivity contribution < 1.29 is 19.4 Å². The first-order valence-corrected chi connectivity index (χ1v) is 6.53. The van der Waals surface area contributed by atoms with Gasteiger partial charge in [-0.2, -0.15) is 0 Å². The lowest BCUT2D eigenvalue weighted by molar-refractivity contribution is 0.0697. The van der Waals surface area contributed by atoms with Gasteiger partial charge < -0.3 is 19.9 Å². The summed E-state index contributed by atoms with van der Waals surface area (Å²) < 4.78 is 10.7. The van der Waals surface area contributed by atoms with Crippen LogP contribution in [-0.4, -0.2) is 31.3 Å². The Labute approximate surface area is 123 Å². The second-order valence-corrected chi connectivity index (χ2v) is 4.34. The highest BCUT2D eigenvalue weighted by molar-refractivity contribution is 5.87. The van der Waals surface area contributed by atoms with Gasteiger partial charge in [0, 0.05) is 18.3 Å². The standard InChI is InChI=1S/C16H17NO4/c1-20-15-4-2-3-13(11-15)17-9-10-21-14-7-5-12(6-8-14)16(18)19/h2-8,11,17H,9-10H2,1H3,(H,18,19). The van der Waals surface area contributed by atoms with E-state index in [0.29, 0.717) is 18.9 Å². The van der Waals surface area contributed by atoms with Crippen LogP contribution in [0.3, 0.4) is 0 Å². The fraction of sp³-hybridized carbons (Fsp3) is 0.188. The number of nitrogens with one attached hydrogen (secondary N) is 1. The second-order valence-electron chi connectivity index (χ2n) is 4.34. The van der Waals surface area contributed by atoms with E-state index in [4.69, 9.17) is 14.6 Å². The lowest BCUT2D eigenvalue weighted by Gasteiger charge is -2.09. The number of ether oxygens (including phenoxy) is 2. The van der Waals surface area contributed by atoms with Crippen LogP contribution in [0.1, 0.15) is 10.4 Å². The van der Waals surface area contributed by atoms with Crippen molar-refractivity contribution in [1.29, 1.82) is 0 Å². The third-order valence-electron chi connectivity index (χ3n) is 2.87. The highest BCUT2D eigenvalue weighted by Crippen LogP contribution is 2.16. The molecule has 0 radical (unpaired) electrons. The van der Waals surface area contributed by atoms with E-state index in [2.05, 4.69) is 5.32 Å². The fourth-order valence-corrected chi connectivity index (χ4v) is 1.79. The molecule has 0 heterocycles. The number of hydrogen-bond donors (Lipinski definition) is 2.